The summed E-state index contributed by atoms with van der Waals surface area (Å²) in [6.07, 6.45) is 3.22. The predicted molar refractivity (Wildman–Crippen MR) is 133 cm³/mol. The highest BCUT2D eigenvalue weighted by molar-refractivity contribution is 6.33. The number of anilines is 4. The first-order valence-electron chi connectivity index (χ1n) is 10.7. The Bertz CT molecular complexity index is 1420. The number of carbonyl (C=O) groups excluding carboxylic acids is 2. The number of benzene rings is 2. The number of rotatable bonds is 3. The van der Waals surface area contributed by atoms with Gasteiger partial charge in [-0.15, -0.1) is 0 Å². The highest BCUT2D eigenvalue weighted by Gasteiger charge is 2.26. The van der Waals surface area contributed by atoms with E-state index in [1.807, 2.05) is 43.3 Å². The molecule has 7 nitrogen and oxygen atoms in total. The maximum atomic E-state index is 13.7. The molecule has 0 aliphatic carbocycles. The van der Waals surface area contributed by atoms with Crippen LogP contribution in [0.2, 0.25) is 5.15 Å². The molecule has 0 spiro atoms. The van der Waals surface area contributed by atoms with Crippen molar-refractivity contribution in [1.29, 1.82) is 0 Å². The van der Waals surface area contributed by atoms with E-state index < -0.39 is 0 Å². The number of hydrogen-bond donors (Lipinski definition) is 2. The fraction of sp³-hybridized carbons (Fsp3) is 0.0769. The van der Waals surface area contributed by atoms with Crippen LogP contribution < -0.4 is 15.5 Å². The number of amides is 2. The number of halogens is 1. The minimum Gasteiger partial charge on any atom is -0.338 e. The molecule has 0 bridgehead atoms. The average Bonchev–Trinajstić information content (AvgIpc) is 3.01. The zero-order valence-electron chi connectivity index (χ0n) is 18.2. The highest BCUT2D eigenvalue weighted by atomic mass is 35.5. The fourth-order valence-corrected chi connectivity index (χ4v) is 4.14. The molecule has 1 aliphatic rings. The molecule has 2 N–H and O–H groups in total. The minimum absolute atomic E-state index is 0.130. The summed E-state index contributed by atoms with van der Waals surface area (Å²) >= 11 is 6.03. The van der Waals surface area contributed by atoms with Gasteiger partial charge in [0.2, 0.25) is 0 Å². The van der Waals surface area contributed by atoms with E-state index in [0.717, 1.165) is 16.8 Å². The highest BCUT2D eigenvalue weighted by Crippen LogP contribution is 2.35. The lowest BCUT2D eigenvalue weighted by atomic mass is 10.1. The molecule has 4 aromatic rings. The van der Waals surface area contributed by atoms with Crippen molar-refractivity contribution in [2.24, 2.45) is 0 Å². The first-order chi connectivity index (χ1) is 16.5. The second kappa shape index (κ2) is 8.96. The van der Waals surface area contributed by atoms with Gasteiger partial charge in [-0.2, -0.15) is 0 Å². The third-order valence-electron chi connectivity index (χ3n) is 5.64. The van der Waals surface area contributed by atoms with E-state index in [0.29, 0.717) is 29.3 Å². The van der Waals surface area contributed by atoms with Gasteiger partial charge in [-0.25, -0.2) is 9.97 Å². The Balaban J connectivity index is 1.45. The van der Waals surface area contributed by atoms with E-state index in [1.54, 1.807) is 41.4 Å². The molecule has 0 radical (unpaired) electrons. The molecule has 34 heavy (non-hydrogen) atoms. The van der Waals surface area contributed by atoms with Crippen LogP contribution in [-0.4, -0.2) is 21.8 Å². The van der Waals surface area contributed by atoms with Gasteiger partial charge in [-0.1, -0.05) is 29.8 Å². The van der Waals surface area contributed by atoms with Crippen LogP contribution in [0.1, 0.15) is 31.8 Å². The maximum Gasteiger partial charge on any atom is 0.258 e. The number of nitrogens with zero attached hydrogens (tertiary/aromatic N) is 3. The normalized spacial score (nSPS) is 12.1. The average molecular weight is 470 g/mol. The number of carbonyl (C=O) groups is 2. The predicted octanol–water partition coefficient (Wildman–Crippen LogP) is 5.59. The molecular weight excluding hydrogens is 450 g/mol. The first kappa shape index (κ1) is 21.6. The van der Waals surface area contributed by atoms with Gasteiger partial charge in [0.15, 0.2) is 5.82 Å². The van der Waals surface area contributed by atoms with Crippen molar-refractivity contribution in [2.45, 2.75) is 13.5 Å². The molecule has 3 heterocycles. The van der Waals surface area contributed by atoms with Crippen molar-refractivity contribution in [2.75, 3.05) is 15.5 Å². The minimum atomic E-state index is -0.369. The van der Waals surface area contributed by atoms with Gasteiger partial charge in [-0.3, -0.25) is 9.59 Å². The van der Waals surface area contributed by atoms with Crippen molar-refractivity contribution in [3.63, 3.8) is 0 Å². The van der Waals surface area contributed by atoms with Crippen molar-refractivity contribution < 1.29 is 9.59 Å². The summed E-state index contributed by atoms with van der Waals surface area (Å²) < 4.78 is 0. The molecule has 0 saturated carbocycles. The van der Waals surface area contributed by atoms with Gasteiger partial charge in [0.1, 0.15) is 5.15 Å². The van der Waals surface area contributed by atoms with Crippen molar-refractivity contribution in [1.82, 2.24) is 9.97 Å². The molecule has 0 unspecified atom stereocenters. The summed E-state index contributed by atoms with van der Waals surface area (Å²) in [5.41, 5.74) is 4.71. The molecular formula is C26H20ClN5O2. The summed E-state index contributed by atoms with van der Waals surface area (Å²) in [4.78, 5) is 36.4. The van der Waals surface area contributed by atoms with E-state index in [-0.39, 0.29) is 22.5 Å². The summed E-state index contributed by atoms with van der Waals surface area (Å²) in [6, 6.07) is 20.0. The molecule has 2 aromatic carbocycles. The molecule has 0 saturated heterocycles. The molecule has 2 amide bonds. The second-order valence-corrected chi connectivity index (χ2v) is 8.23. The third kappa shape index (κ3) is 4.09. The van der Waals surface area contributed by atoms with Gasteiger partial charge < -0.3 is 15.5 Å². The Morgan fingerprint density at radius 3 is 2.59 bits per heavy atom. The number of aryl methyl sites for hydroxylation is 1. The van der Waals surface area contributed by atoms with Crippen LogP contribution >= 0.6 is 11.6 Å². The maximum absolute atomic E-state index is 13.7. The molecule has 8 heteroatoms. The monoisotopic (exact) mass is 469 g/mol. The van der Waals surface area contributed by atoms with Gasteiger partial charge in [0.25, 0.3) is 11.8 Å². The van der Waals surface area contributed by atoms with E-state index >= 15 is 0 Å². The number of hydrogen-bond acceptors (Lipinski definition) is 5. The second-order valence-electron chi connectivity index (χ2n) is 7.87. The molecule has 0 atom stereocenters. The molecule has 1 aliphatic heterocycles. The van der Waals surface area contributed by atoms with Crippen LogP contribution in [0.4, 0.5) is 22.9 Å². The Hall–Kier alpha value is -4.23. The molecule has 2 aromatic heterocycles. The summed E-state index contributed by atoms with van der Waals surface area (Å²) in [6.45, 7) is 2.24. The zero-order chi connectivity index (χ0) is 23.7. The van der Waals surface area contributed by atoms with Gasteiger partial charge in [0, 0.05) is 29.3 Å². The van der Waals surface area contributed by atoms with E-state index in [2.05, 4.69) is 20.6 Å². The van der Waals surface area contributed by atoms with Gasteiger partial charge in [-0.05, 0) is 66.6 Å². The quantitative estimate of drug-likeness (QED) is 0.382. The number of aromatic nitrogens is 2. The number of para-hydroxylation sites is 1. The fourth-order valence-electron chi connectivity index (χ4n) is 3.94. The van der Waals surface area contributed by atoms with Gasteiger partial charge in [0.05, 0.1) is 17.8 Å². The largest absolute Gasteiger partial charge is 0.338 e. The lowest BCUT2D eigenvalue weighted by Gasteiger charge is -2.23. The van der Waals surface area contributed by atoms with Crippen molar-refractivity contribution >= 4 is 46.3 Å². The topological polar surface area (TPSA) is 87.2 Å². The Morgan fingerprint density at radius 1 is 0.971 bits per heavy atom. The van der Waals surface area contributed by atoms with Crippen LogP contribution in [0.25, 0.3) is 0 Å². The number of fused-ring (bicyclic) bond motifs is 2. The Morgan fingerprint density at radius 2 is 1.76 bits per heavy atom. The Kier molecular flexibility index (Phi) is 5.69. The molecule has 168 valence electrons. The molecule has 0 fully saturated rings. The lowest BCUT2D eigenvalue weighted by Crippen LogP contribution is -2.30. The first-order valence-corrected chi connectivity index (χ1v) is 11.0. The standard InChI is InChI=1S/C26H20ClN5O2/c1-16-14-18(30-25(33)20-7-4-12-28-23(20)27)10-11-19(16)26(34)32-15-17-6-2-3-8-21(17)31-24-22(32)9-5-13-29-24/h2-14H,15H2,1H3,(H,29,31)(H,30,33). The van der Waals surface area contributed by atoms with Crippen molar-refractivity contribution in [3.05, 3.63) is 107 Å². The number of pyridine rings is 2. The molecule has 5 rings (SSSR count). The van der Waals surface area contributed by atoms with Crippen LogP contribution in [0, 0.1) is 6.92 Å². The van der Waals surface area contributed by atoms with E-state index in [1.165, 1.54) is 6.20 Å². The summed E-state index contributed by atoms with van der Waals surface area (Å²) in [7, 11) is 0. The van der Waals surface area contributed by atoms with E-state index in [9.17, 15) is 9.59 Å². The zero-order valence-corrected chi connectivity index (χ0v) is 19.0. The van der Waals surface area contributed by atoms with Crippen LogP contribution in [0.5, 0.6) is 0 Å². The smallest absolute Gasteiger partial charge is 0.258 e. The third-order valence-corrected chi connectivity index (χ3v) is 5.94. The van der Waals surface area contributed by atoms with Gasteiger partial charge >= 0.3 is 0 Å². The van der Waals surface area contributed by atoms with Crippen LogP contribution in [0.15, 0.2) is 79.1 Å². The lowest BCUT2D eigenvalue weighted by molar-refractivity contribution is 0.0983. The van der Waals surface area contributed by atoms with Crippen molar-refractivity contribution in [3.8, 4) is 0 Å². The SMILES string of the molecule is Cc1cc(NC(=O)c2cccnc2Cl)ccc1C(=O)N1Cc2ccccc2Nc2ncccc21. The Labute approximate surface area is 201 Å². The number of nitrogens with one attached hydrogen (secondary N) is 2. The van der Waals surface area contributed by atoms with E-state index in [4.69, 9.17) is 11.6 Å². The summed E-state index contributed by atoms with van der Waals surface area (Å²) in [5, 5.41) is 6.28. The summed E-state index contributed by atoms with van der Waals surface area (Å²) in [5.74, 6) is 0.0981. The van der Waals surface area contributed by atoms with Crippen LogP contribution in [0.3, 0.4) is 0 Å². The van der Waals surface area contributed by atoms with Crippen LogP contribution in [-0.2, 0) is 6.54 Å².